The van der Waals surface area contributed by atoms with Crippen LogP contribution in [-0.4, -0.2) is 61.1 Å². The Kier molecular flexibility index (Phi) is 5.37. The second kappa shape index (κ2) is 7.08. The summed E-state index contributed by atoms with van der Waals surface area (Å²) in [5, 5.41) is 0. The summed E-state index contributed by atoms with van der Waals surface area (Å²) in [6.45, 7) is 4.75. The van der Waals surface area contributed by atoms with E-state index in [1.165, 1.54) is 0 Å². The van der Waals surface area contributed by atoms with Crippen LogP contribution in [0.3, 0.4) is 0 Å². The number of hydrogen-bond donors (Lipinski definition) is 1. The molecule has 0 aromatic carbocycles. The van der Waals surface area contributed by atoms with Crippen LogP contribution in [0.4, 0.5) is 13.2 Å². The Morgan fingerprint density at radius 2 is 1.83 bits per heavy atom. The number of halogens is 3. The molecule has 1 heterocycles. The van der Waals surface area contributed by atoms with Gasteiger partial charge in [-0.2, -0.15) is 21.6 Å². The van der Waals surface area contributed by atoms with E-state index in [4.69, 9.17) is 14.0 Å². The molecule has 7 unspecified atom stereocenters. The molecule has 30 heavy (non-hydrogen) atoms. The first-order chi connectivity index (χ1) is 13.5. The number of alkyl halides is 3. The quantitative estimate of drug-likeness (QED) is 0.365. The van der Waals surface area contributed by atoms with Gasteiger partial charge < -0.3 is 14.2 Å². The molecule has 7 atom stereocenters. The first kappa shape index (κ1) is 22.8. The van der Waals surface area contributed by atoms with Crippen LogP contribution in [-0.2, 0) is 38.7 Å². The van der Waals surface area contributed by atoms with Crippen LogP contribution in [0.5, 0.6) is 0 Å². The predicted octanol–water partition coefficient (Wildman–Crippen LogP) is 1.11. The van der Waals surface area contributed by atoms with Crippen molar-refractivity contribution in [3.8, 4) is 0 Å². The molecular formula is C17H21F3O9S. The number of esters is 3. The lowest BCUT2D eigenvalue weighted by Crippen LogP contribution is -2.47. The zero-order chi connectivity index (χ0) is 22.8. The first-order valence-electron chi connectivity index (χ1n) is 9.14. The average molecular weight is 458 g/mol. The summed E-state index contributed by atoms with van der Waals surface area (Å²) in [5.41, 5.74) is -0.906. The Bertz CT molecular complexity index is 861. The normalized spacial score (nSPS) is 33.9. The van der Waals surface area contributed by atoms with E-state index in [0.717, 1.165) is 0 Å². The fourth-order valence-corrected chi connectivity index (χ4v) is 5.01. The maximum absolute atomic E-state index is 13.1. The molecule has 0 aromatic heterocycles. The van der Waals surface area contributed by atoms with Gasteiger partial charge in [-0.25, -0.2) is 0 Å². The fraction of sp³-hybridized carbons (Fsp3) is 0.824. The van der Waals surface area contributed by atoms with Crippen LogP contribution in [0, 0.1) is 29.1 Å². The van der Waals surface area contributed by atoms with Crippen molar-refractivity contribution < 1.29 is 54.7 Å². The molecule has 2 bridgehead atoms. The van der Waals surface area contributed by atoms with Crippen LogP contribution in [0.25, 0.3) is 0 Å². The van der Waals surface area contributed by atoms with Gasteiger partial charge >= 0.3 is 24.1 Å². The first-order valence-corrected chi connectivity index (χ1v) is 10.8. The largest absolute Gasteiger partial charge is 0.458 e. The Hall–Kier alpha value is -1.89. The van der Waals surface area contributed by atoms with Gasteiger partial charge in [-0.1, -0.05) is 0 Å². The minimum Gasteiger partial charge on any atom is -0.458 e. The van der Waals surface area contributed by atoms with Crippen LogP contribution in [0.2, 0.25) is 0 Å². The molecule has 170 valence electrons. The number of carbonyl (C=O) groups is 3. The van der Waals surface area contributed by atoms with E-state index in [-0.39, 0.29) is 6.42 Å². The van der Waals surface area contributed by atoms with Gasteiger partial charge in [0.1, 0.15) is 18.0 Å². The Balaban J connectivity index is 1.83. The molecule has 3 rings (SSSR count). The smallest absolute Gasteiger partial charge is 0.426 e. The molecule has 0 spiro atoms. The van der Waals surface area contributed by atoms with Crippen LogP contribution < -0.4 is 0 Å². The molecule has 0 amide bonds. The zero-order valence-corrected chi connectivity index (χ0v) is 17.0. The summed E-state index contributed by atoms with van der Waals surface area (Å²) in [6, 6.07) is 0. The lowest BCUT2D eigenvalue weighted by molar-refractivity contribution is -0.220. The van der Waals surface area contributed by atoms with Gasteiger partial charge in [-0.15, -0.1) is 0 Å². The number of ether oxygens (including phenoxy) is 3. The van der Waals surface area contributed by atoms with E-state index in [1.807, 2.05) is 0 Å². The molecule has 2 aliphatic carbocycles. The van der Waals surface area contributed by atoms with Crippen LogP contribution in [0.1, 0.15) is 27.2 Å². The van der Waals surface area contributed by atoms with Crippen molar-refractivity contribution in [3.05, 3.63) is 0 Å². The topological polar surface area (TPSA) is 133 Å². The van der Waals surface area contributed by atoms with Crippen molar-refractivity contribution in [2.75, 3.05) is 5.75 Å². The fourth-order valence-electron chi connectivity index (χ4n) is 4.37. The maximum Gasteiger partial charge on any atom is 0.426 e. The number of fused-ring (bicyclic) bond motifs is 1. The van der Waals surface area contributed by atoms with Gasteiger partial charge in [0, 0.05) is 11.8 Å². The van der Waals surface area contributed by atoms with Gasteiger partial charge in [-0.05, 0) is 27.2 Å². The second-order valence-corrected chi connectivity index (χ2v) is 10.3. The third-order valence-electron chi connectivity index (χ3n) is 5.66. The van der Waals surface area contributed by atoms with Gasteiger partial charge in [0.15, 0.2) is 0 Å². The molecule has 1 saturated heterocycles. The predicted molar refractivity (Wildman–Crippen MR) is 90.1 cm³/mol. The highest BCUT2D eigenvalue weighted by atomic mass is 32.2. The van der Waals surface area contributed by atoms with Gasteiger partial charge in [-0.3, -0.25) is 18.9 Å². The summed E-state index contributed by atoms with van der Waals surface area (Å²) >= 11 is 0. The van der Waals surface area contributed by atoms with Crippen LogP contribution >= 0.6 is 0 Å². The maximum atomic E-state index is 13.1. The molecule has 3 aliphatic rings. The standard InChI is InChI=1S/C17H21F3O9S/c1-16(2,3)15(23)29-12-7-4-6-10(14(22)28-11(6)12)9(7)13(21)27-8(17(18,19)20)5-30(24,25)26/h6-12H,4-5H2,1-3H3,(H,24,25,26). The molecular weight excluding hydrogens is 437 g/mol. The third-order valence-corrected chi connectivity index (χ3v) is 6.38. The Labute approximate surface area is 170 Å². The van der Waals surface area contributed by atoms with Crippen LogP contribution in [0.15, 0.2) is 0 Å². The highest BCUT2D eigenvalue weighted by Crippen LogP contribution is 2.59. The summed E-state index contributed by atoms with van der Waals surface area (Å²) < 4.78 is 84.9. The lowest BCUT2D eigenvalue weighted by Gasteiger charge is -2.32. The van der Waals surface area contributed by atoms with Crippen molar-refractivity contribution in [3.63, 3.8) is 0 Å². The van der Waals surface area contributed by atoms with Crippen molar-refractivity contribution in [2.45, 2.75) is 51.7 Å². The average Bonchev–Trinajstić information content (AvgIpc) is 3.14. The number of hydrogen-bond acceptors (Lipinski definition) is 8. The Morgan fingerprint density at radius 1 is 1.23 bits per heavy atom. The van der Waals surface area contributed by atoms with E-state index in [1.54, 1.807) is 20.8 Å². The van der Waals surface area contributed by atoms with Crippen molar-refractivity contribution in [1.82, 2.24) is 0 Å². The third kappa shape index (κ3) is 4.13. The highest BCUT2D eigenvalue weighted by molar-refractivity contribution is 7.85. The van der Waals surface area contributed by atoms with Crippen molar-refractivity contribution >= 4 is 28.0 Å². The molecule has 1 N–H and O–H groups in total. The summed E-state index contributed by atoms with van der Waals surface area (Å²) in [7, 11) is -5.11. The summed E-state index contributed by atoms with van der Waals surface area (Å²) in [6.07, 6.45) is -9.98. The van der Waals surface area contributed by atoms with E-state index in [0.29, 0.717) is 0 Å². The van der Waals surface area contributed by atoms with Gasteiger partial charge in [0.25, 0.3) is 10.1 Å². The number of rotatable bonds is 5. The summed E-state index contributed by atoms with van der Waals surface area (Å²) in [5.74, 6) is -8.54. The molecule has 1 aliphatic heterocycles. The van der Waals surface area contributed by atoms with E-state index in [2.05, 4.69) is 4.74 Å². The Morgan fingerprint density at radius 3 is 2.33 bits per heavy atom. The van der Waals surface area contributed by atoms with E-state index < -0.39 is 87.4 Å². The van der Waals surface area contributed by atoms with E-state index >= 15 is 0 Å². The minimum absolute atomic E-state index is 0.206. The highest BCUT2D eigenvalue weighted by Gasteiger charge is 2.70. The monoisotopic (exact) mass is 458 g/mol. The molecule has 0 radical (unpaired) electrons. The molecule has 2 saturated carbocycles. The SMILES string of the molecule is CC(C)(C)C(=O)OC1C2CC3C1OC(=O)C3C2C(=O)OC(CS(=O)(=O)O)C(F)(F)F. The van der Waals surface area contributed by atoms with Crippen molar-refractivity contribution in [2.24, 2.45) is 29.1 Å². The summed E-state index contributed by atoms with van der Waals surface area (Å²) in [4.78, 5) is 37.1. The molecule has 13 heteroatoms. The molecule has 0 aromatic rings. The van der Waals surface area contributed by atoms with Gasteiger partial charge in [0.05, 0.1) is 17.3 Å². The van der Waals surface area contributed by atoms with Crippen molar-refractivity contribution in [1.29, 1.82) is 0 Å². The molecule has 3 fully saturated rings. The zero-order valence-electron chi connectivity index (χ0n) is 16.2. The number of carbonyl (C=O) groups excluding carboxylic acids is 3. The van der Waals surface area contributed by atoms with E-state index in [9.17, 15) is 36.0 Å². The molecule has 9 nitrogen and oxygen atoms in total. The van der Waals surface area contributed by atoms with Gasteiger partial charge in [0.2, 0.25) is 6.10 Å². The lowest BCUT2D eigenvalue weighted by atomic mass is 9.78. The second-order valence-electron chi connectivity index (χ2n) is 8.85. The minimum atomic E-state index is -5.26.